The van der Waals surface area contributed by atoms with Crippen LogP contribution < -0.4 is 15.4 Å². The highest BCUT2D eigenvalue weighted by Crippen LogP contribution is 2.16. The minimum atomic E-state index is 0.287. The third-order valence-corrected chi connectivity index (χ3v) is 4.17. The van der Waals surface area contributed by atoms with Gasteiger partial charge in [0, 0.05) is 11.6 Å². The summed E-state index contributed by atoms with van der Waals surface area (Å²) >= 11 is 9.11. The molecule has 1 aromatic heterocycles. The molecular formula is C18H22BrClN4O. The molecule has 0 radical (unpaired) electrons. The van der Waals surface area contributed by atoms with Crippen LogP contribution in [0.4, 0.5) is 5.69 Å². The summed E-state index contributed by atoms with van der Waals surface area (Å²) in [5.74, 6) is 1.14. The van der Waals surface area contributed by atoms with E-state index in [2.05, 4.69) is 31.5 Å². The van der Waals surface area contributed by atoms with E-state index in [9.17, 15) is 0 Å². The average Bonchev–Trinajstić information content (AvgIpc) is 2.61. The van der Waals surface area contributed by atoms with Gasteiger partial charge in [-0.05, 0) is 65.2 Å². The molecule has 7 heteroatoms. The first kappa shape index (κ1) is 19.5. The molecule has 134 valence electrons. The van der Waals surface area contributed by atoms with Crippen LogP contribution >= 0.6 is 27.5 Å². The summed E-state index contributed by atoms with van der Waals surface area (Å²) in [6.45, 7) is 1.48. The van der Waals surface area contributed by atoms with Crippen molar-refractivity contribution >= 4 is 39.2 Å². The topological polar surface area (TPSA) is 70.0 Å². The highest BCUT2D eigenvalue weighted by molar-refractivity contribution is 9.10. The number of hydrogen-bond donors (Lipinski definition) is 3. The Balaban J connectivity index is 1.47. The van der Waals surface area contributed by atoms with Gasteiger partial charge in [-0.15, -0.1) is 0 Å². The first-order valence-corrected chi connectivity index (χ1v) is 9.40. The Kier molecular flexibility index (Phi) is 8.55. The summed E-state index contributed by atoms with van der Waals surface area (Å²) in [6.07, 6.45) is 5.92. The van der Waals surface area contributed by atoms with Crippen LogP contribution in [0.2, 0.25) is 5.02 Å². The van der Waals surface area contributed by atoms with Crippen LogP contribution in [0.15, 0.2) is 47.2 Å². The van der Waals surface area contributed by atoms with E-state index >= 15 is 0 Å². The maximum absolute atomic E-state index is 7.85. The lowest BCUT2D eigenvalue weighted by Crippen LogP contribution is -2.30. The van der Waals surface area contributed by atoms with Crippen LogP contribution in [-0.2, 0) is 0 Å². The van der Waals surface area contributed by atoms with Crippen LogP contribution in [0.1, 0.15) is 25.7 Å². The van der Waals surface area contributed by atoms with Crippen molar-refractivity contribution < 1.29 is 4.74 Å². The number of unbranched alkanes of at least 4 members (excludes halogenated alkanes) is 3. The Morgan fingerprint density at radius 3 is 2.56 bits per heavy atom. The van der Waals surface area contributed by atoms with Crippen molar-refractivity contribution in [2.45, 2.75) is 25.7 Å². The SMILES string of the molecule is N=C(NCCCCCCOc1ccc(Cl)cc1)Nc1ccc(Br)nc1. The zero-order valence-electron chi connectivity index (χ0n) is 13.9. The predicted molar refractivity (Wildman–Crippen MR) is 107 cm³/mol. The highest BCUT2D eigenvalue weighted by Gasteiger charge is 1.99. The Hall–Kier alpha value is -1.79. The Bertz CT molecular complexity index is 649. The van der Waals surface area contributed by atoms with Crippen molar-refractivity contribution in [2.75, 3.05) is 18.5 Å². The van der Waals surface area contributed by atoms with Gasteiger partial charge >= 0.3 is 0 Å². The fourth-order valence-corrected chi connectivity index (χ4v) is 2.51. The second kappa shape index (κ2) is 10.9. The number of anilines is 1. The molecule has 0 aliphatic carbocycles. The molecule has 0 aliphatic heterocycles. The number of benzene rings is 1. The zero-order valence-corrected chi connectivity index (χ0v) is 16.2. The maximum atomic E-state index is 7.85. The molecule has 2 aromatic rings. The Morgan fingerprint density at radius 1 is 1.08 bits per heavy atom. The van der Waals surface area contributed by atoms with Crippen LogP contribution in [0.25, 0.3) is 0 Å². The van der Waals surface area contributed by atoms with Crippen LogP contribution in [0.5, 0.6) is 5.75 Å². The van der Waals surface area contributed by atoms with Crippen LogP contribution in [0.3, 0.4) is 0 Å². The lowest BCUT2D eigenvalue weighted by atomic mass is 10.2. The van der Waals surface area contributed by atoms with Gasteiger partial charge in [0.05, 0.1) is 18.5 Å². The molecule has 0 bridgehead atoms. The number of nitrogens with one attached hydrogen (secondary N) is 3. The van der Waals surface area contributed by atoms with E-state index in [-0.39, 0.29) is 5.96 Å². The molecule has 0 aliphatic rings. The first-order chi connectivity index (χ1) is 12.1. The summed E-state index contributed by atoms with van der Waals surface area (Å²) in [5, 5.41) is 14.6. The van der Waals surface area contributed by atoms with Gasteiger partial charge in [-0.2, -0.15) is 0 Å². The normalized spacial score (nSPS) is 10.3. The fourth-order valence-electron chi connectivity index (χ4n) is 2.15. The van der Waals surface area contributed by atoms with Gasteiger partial charge in [-0.1, -0.05) is 24.4 Å². The number of halogens is 2. The summed E-state index contributed by atoms with van der Waals surface area (Å²) in [5.41, 5.74) is 0.792. The molecule has 0 spiro atoms. The van der Waals surface area contributed by atoms with Gasteiger partial charge in [-0.3, -0.25) is 5.41 Å². The van der Waals surface area contributed by atoms with Crippen molar-refractivity contribution in [3.63, 3.8) is 0 Å². The molecule has 1 aromatic carbocycles. The summed E-state index contributed by atoms with van der Waals surface area (Å²) in [6, 6.07) is 11.1. The van der Waals surface area contributed by atoms with Crippen LogP contribution in [0, 0.1) is 5.41 Å². The standard InChI is InChI=1S/C18H22BrClN4O/c19-17-10-7-15(13-23-17)24-18(21)22-11-3-1-2-4-12-25-16-8-5-14(20)6-9-16/h5-10,13H,1-4,11-12H2,(H3,21,22,24). The minimum absolute atomic E-state index is 0.287. The van der Waals surface area contributed by atoms with E-state index in [0.717, 1.165) is 53.3 Å². The van der Waals surface area contributed by atoms with Crippen molar-refractivity contribution in [3.05, 3.63) is 52.2 Å². The van der Waals surface area contributed by atoms with E-state index in [0.29, 0.717) is 6.61 Å². The molecule has 25 heavy (non-hydrogen) atoms. The Labute approximate surface area is 161 Å². The van der Waals surface area contributed by atoms with Gasteiger partial charge in [0.2, 0.25) is 0 Å². The summed E-state index contributed by atoms with van der Waals surface area (Å²) in [4.78, 5) is 4.11. The largest absolute Gasteiger partial charge is 0.494 e. The fraction of sp³-hybridized carbons (Fsp3) is 0.333. The lowest BCUT2D eigenvalue weighted by molar-refractivity contribution is 0.304. The quantitative estimate of drug-likeness (QED) is 0.227. The molecular weight excluding hydrogens is 404 g/mol. The van der Waals surface area contributed by atoms with E-state index in [1.54, 1.807) is 6.20 Å². The predicted octanol–water partition coefficient (Wildman–Crippen LogP) is 5.07. The molecule has 0 unspecified atom stereocenters. The number of guanidine groups is 1. The lowest BCUT2D eigenvalue weighted by Gasteiger charge is -2.10. The number of aromatic nitrogens is 1. The highest BCUT2D eigenvalue weighted by atomic mass is 79.9. The molecule has 3 N–H and O–H groups in total. The second-order valence-corrected chi connectivity index (χ2v) is 6.76. The van der Waals surface area contributed by atoms with Gasteiger partial charge in [-0.25, -0.2) is 4.98 Å². The molecule has 0 saturated heterocycles. The molecule has 0 amide bonds. The minimum Gasteiger partial charge on any atom is -0.494 e. The van der Waals surface area contributed by atoms with Crippen molar-refractivity contribution in [3.8, 4) is 5.75 Å². The number of hydrogen-bond acceptors (Lipinski definition) is 3. The van der Waals surface area contributed by atoms with Gasteiger partial charge in [0.25, 0.3) is 0 Å². The third-order valence-electron chi connectivity index (χ3n) is 3.45. The van der Waals surface area contributed by atoms with E-state index in [4.69, 9.17) is 21.7 Å². The van der Waals surface area contributed by atoms with Crippen molar-refractivity contribution in [1.82, 2.24) is 10.3 Å². The van der Waals surface area contributed by atoms with Crippen molar-refractivity contribution in [1.29, 1.82) is 5.41 Å². The molecule has 2 rings (SSSR count). The smallest absolute Gasteiger partial charge is 0.192 e. The van der Waals surface area contributed by atoms with E-state index < -0.39 is 0 Å². The Morgan fingerprint density at radius 2 is 1.84 bits per heavy atom. The zero-order chi connectivity index (χ0) is 17.9. The van der Waals surface area contributed by atoms with Crippen molar-refractivity contribution in [2.24, 2.45) is 0 Å². The number of rotatable bonds is 9. The number of ether oxygens (including phenoxy) is 1. The third kappa shape index (κ3) is 8.23. The molecule has 1 heterocycles. The summed E-state index contributed by atoms with van der Waals surface area (Å²) in [7, 11) is 0. The first-order valence-electron chi connectivity index (χ1n) is 8.23. The molecule has 0 saturated carbocycles. The molecule has 0 fully saturated rings. The number of pyridine rings is 1. The molecule has 5 nitrogen and oxygen atoms in total. The van der Waals surface area contributed by atoms with E-state index in [1.807, 2.05) is 36.4 Å². The monoisotopic (exact) mass is 424 g/mol. The summed E-state index contributed by atoms with van der Waals surface area (Å²) < 4.78 is 6.43. The van der Waals surface area contributed by atoms with Crippen LogP contribution in [-0.4, -0.2) is 24.1 Å². The van der Waals surface area contributed by atoms with Gasteiger partial charge in [0.15, 0.2) is 5.96 Å². The average molecular weight is 426 g/mol. The number of nitrogens with zero attached hydrogens (tertiary/aromatic N) is 1. The van der Waals surface area contributed by atoms with Gasteiger partial charge in [0.1, 0.15) is 10.4 Å². The molecule has 0 atom stereocenters. The maximum Gasteiger partial charge on any atom is 0.192 e. The van der Waals surface area contributed by atoms with E-state index in [1.165, 1.54) is 0 Å². The second-order valence-electron chi connectivity index (χ2n) is 5.51. The van der Waals surface area contributed by atoms with Gasteiger partial charge < -0.3 is 15.4 Å².